The highest BCUT2D eigenvalue weighted by Gasteiger charge is 2.23. The third kappa shape index (κ3) is 3.00. The largest absolute Gasteiger partial charge is 0.491 e. The van der Waals surface area contributed by atoms with Gasteiger partial charge in [0.2, 0.25) is 5.89 Å². The first-order valence-corrected chi connectivity index (χ1v) is 7.24. The van der Waals surface area contributed by atoms with Crippen LogP contribution in [-0.2, 0) is 13.0 Å². The molecule has 0 spiro atoms. The van der Waals surface area contributed by atoms with Gasteiger partial charge in [-0.2, -0.15) is 0 Å². The summed E-state index contributed by atoms with van der Waals surface area (Å²) in [6.45, 7) is 5.91. The number of benzene rings is 1. The number of aryl methyl sites for hydroxylation is 1. The molecule has 1 N–H and O–H groups in total. The molecule has 0 amide bonds. The van der Waals surface area contributed by atoms with Crippen molar-refractivity contribution in [2.24, 2.45) is 0 Å². The Morgan fingerprint density at radius 3 is 2.90 bits per heavy atom. The zero-order chi connectivity index (χ0) is 14.7. The van der Waals surface area contributed by atoms with Crippen LogP contribution in [0.1, 0.15) is 37.2 Å². The number of nitrogens with one attached hydrogen (secondary N) is 1. The summed E-state index contributed by atoms with van der Waals surface area (Å²) < 4.78 is 16.8. The lowest BCUT2D eigenvalue weighted by atomic mass is 10.1. The molecular weight excluding hydrogens is 270 g/mol. The summed E-state index contributed by atoms with van der Waals surface area (Å²) in [6, 6.07) is 6.15. The highest BCUT2D eigenvalue weighted by atomic mass is 16.5. The molecule has 0 bridgehead atoms. The molecule has 0 aliphatic carbocycles. The van der Waals surface area contributed by atoms with E-state index in [0.717, 1.165) is 24.5 Å². The van der Waals surface area contributed by atoms with E-state index >= 15 is 0 Å². The molecule has 1 aromatic carbocycles. The first kappa shape index (κ1) is 13.9. The molecule has 0 fully saturated rings. The molecule has 2 aromatic rings. The SMILES string of the molecule is CCNC1COc2cc(OCc3nnc(CC)o3)ccc21. The van der Waals surface area contributed by atoms with Crippen LogP contribution in [0.4, 0.5) is 0 Å². The lowest BCUT2D eigenvalue weighted by molar-refractivity contribution is 0.257. The Bertz CT molecular complexity index is 612. The summed E-state index contributed by atoms with van der Waals surface area (Å²) in [5.74, 6) is 2.72. The summed E-state index contributed by atoms with van der Waals surface area (Å²) in [5, 5.41) is 11.2. The van der Waals surface area contributed by atoms with E-state index in [2.05, 4.69) is 22.4 Å². The third-order valence-corrected chi connectivity index (χ3v) is 3.39. The molecule has 1 atom stereocenters. The first-order valence-electron chi connectivity index (χ1n) is 7.24. The number of rotatable bonds is 6. The van der Waals surface area contributed by atoms with Crippen LogP contribution in [0.15, 0.2) is 22.6 Å². The number of fused-ring (bicyclic) bond motifs is 1. The van der Waals surface area contributed by atoms with Gasteiger partial charge in [-0.15, -0.1) is 10.2 Å². The molecule has 0 saturated heterocycles. The molecule has 0 radical (unpaired) electrons. The van der Waals surface area contributed by atoms with Gasteiger partial charge in [0.1, 0.15) is 18.1 Å². The van der Waals surface area contributed by atoms with Crippen LogP contribution < -0.4 is 14.8 Å². The second-order valence-corrected chi connectivity index (χ2v) is 4.85. The van der Waals surface area contributed by atoms with Gasteiger partial charge in [0.25, 0.3) is 5.89 Å². The quantitative estimate of drug-likeness (QED) is 0.879. The van der Waals surface area contributed by atoms with Gasteiger partial charge in [-0.3, -0.25) is 0 Å². The fourth-order valence-corrected chi connectivity index (χ4v) is 2.33. The summed E-state index contributed by atoms with van der Waals surface area (Å²) in [6.07, 6.45) is 0.728. The van der Waals surface area contributed by atoms with Crippen LogP contribution >= 0.6 is 0 Å². The van der Waals surface area contributed by atoms with E-state index < -0.39 is 0 Å². The van der Waals surface area contributed by atoms with E-state index in [0.29, 0.717) is 18.4 Å². The number of ether oxygens (including phenoxy) is 2. The minimum absolute atomic E-state index is 0.266. The van der Waals surface area contributed by atoms with E-state index in [-0.39, 0.29) is 12.6 Å². The van der Waals surface area contributed by atoms with E-state index in [4.69, 9.17) is 13.9 Å². The standard InChI is InChI=1S/C15H19N3O3/c1-3-14-17-18-15(21-14)9-19-10-5-6-11-12(16-4-2)8-20-13(11)7-10/h5-7,12,16H,3-4,8-9H2,1-2H3. The van der Waals surface area contributed by atoms with Crippen LogP contribution in [0.2, 0.25) is 0 Å². The number of aromatic nitrogens is 2. The van der Waals surface area contributed by atoms with Crippen molar-refractivity contribution in [1.29, 1.82) is 0 Å². The van der Waals surface area contributed by atoms with Crippen LogP contribution in [0.5, 0.6) is 11.5 Å². The van der Waals surface area contributed by atoms with Gasteiger partial charge in [0.05, 0.1) is 6.04 Å². The maximum atomic E-state index is 5.68. The topological polar surface area (TPSA) is 69.4 Å². The average Bonchev–Trinajstić information content (AvgIpc) is 3.12. The fraction of sp³-hybridized carbons (Fsp3) is 0.467. The monoisotopic (exact) mass is 289 g/mol. The summed E-state index contributed by atoms with van der Waals surface area (Å²) in [5.41, 5.74) is 1.18. The predicted octanol–water partition coefficient (Wildman–Crippen LogP) is 2.25. The zero-order valence-corrected chi connectivity index (χ0v) is 12.3. The summed E-state index contributed by atoms with van der Waals surface area (Å²) in [7, 11) is 0. The summed E-state index contributed by atoms with van der Waals surface area (Å²) in [4.78, 5) is 0. The lowest BCUT2D eigenvalue weighted by Crippen LogP contribution is -2.21. The van der Waals surface area contributed by atoms with Crippen molar-refractivity contribution in [3.63, 3.8) is 0 Å². The van der Waals surface area contributed by atoms with Crippen LogP contribution in [0.25, 0.3) is 0 Å². The number of likely N-dealkylation sites (N-methyl/N-ethyl adjacent to an activating group) is 1. The Balaban J connectivity index is 1.65. The second kappa shape index (κ2) is 6.13. The molecule has 0 saturated carbocycles. The molecule has 6 heteroatoms. The summed E-state index contributed by atoms with van der Waals surface area (Å²) >= 11 is 0. The highest BCUT2D eigenvalue weighted by molar-refractivity contribution is 5.45. The molecule has 1 aliphatic rings. The molecule has 1 unspecified atom stereocenters. The molecule has 3 rings (SSSR count). The van der Waals surface area contributed by atoms with Gasteiger partial charge >= 0.3 is 0 Å². The molecule has 1 aliphatic heterocycles. The van der Waals surface area contributed by atoms with Gasteiger partial charge in [0, 0.05) is 18.1 Å². The Morgan fingerprint density at radius 2 is 2.14 bits per heavy atom. The second-order valence-electron chi connectivity index (χ2n) is 4.85. The number of hydrogen-bond acceptors (Lipinski definition) is 6. The van der Waals surface area contributed by atoms with Crippen molar-refractivity contribution in [3.05, 3.63) is 35.5 Å². The molecular formula is C15H19N3O3. The fourth-order valence-electron chi connectivity index (χ4n) is 2.33. The van der Waals surface area contributed by atoms with Gasteiger partial charge in [0.15, 0.2) is 6.61 Å². The van der Waals surface area contributed by atoms with Crippen molar-refractivity contribution in [2.75, 3.05) is 13.2 Å². The third-order valence-electron chi connectivity index (χ3n) is 3.39. The van der Waals surface area contributed by atoms with Crippen molar-refractivity contribution < 1.29 is 13.9 Å². The van der Waals surface area contributed by atoms with E-state index in [9.17, 15) is 0 Å². The molecule has 21 heavy (non-hydrogen) atoms. The molecule has 2 heterocycles. The normalized spacial score (nSPS) is 16.6. The Labute approximate surface area is 123 Å². The molecule has 112 valence electrons. The van der Waals surface area contributed by atoms with Crippen LogP contribution in [0.3, 0.4) is 0 Å². The van der Waals surface area contributed by atoms with Crippen molar-refractivity contribution in [1.82, 2.24) is 15.5 Å². The number of nitrogens with zero attached hydrogens (tertiary/aromatic N) is 2. The minimum atomic E-state index is 0.266. The maximum absolute atomic E-state index is 5.68. The van der Waals surface area contributed by atoms with Gasteiger partial charge < -0.3 is 19.2 Å². The average molecular weight is 289 g/mol. The number of hydrogen-bond donors (Lipinski definition) is 1. The maximum Gasteiger partial charge on any atom is 0.253 e. The van der Waals surface area contributed by atoms with Crippen molar-refractivity contribution in [3.8, 4) is 11.5 Å². The van der Waals surface area contributed by atoms with E-state index in [1.54, 1.807) is 0 Å². The Hall–Kier alpha value is -2.08. The van der Waals surface area contributed by atoms with Crippen LogP contribution in [-0.4, -0.2) is 23.3 Å². The highest BCUT2D eigenvalue weighted by Crippen LogP contribution is 2.35. The predicted molar refractivity (Wildman–Crippen MR) is 76.4 cm³/mol. The Morgan fingerprint density at radius 1 is 1.29 bits per heavy atom. The molecule has 6 nitrogen and oxygen atoms in total. The minimum Gasteiger partial charge on any atom is -0.491 e. The van der Waals surface area contributed by atoms with E-state index in [1.165, 1.54) is 5.56 Å². The smallest absolute Gasteiger partial charge is 0.253 e. The lowest BCUT2D eigenvalue weighted by Gasteiger charge is -2.09. The Kier molecular flexibility index (Phi) is 4.06. The van der Waals surface area contributed by atoms with Gasteiger partial charge in [-0.1, -0.05) is 13.8 Å². The van der Waals surface area contributed by atoms with Crippen molar-refractivity contribution in [2.45, 2.75) is 32.9 Å². The van der Waals surface area contributed by atoms with Gasteiger partial charge in [-0.25, -0.2) is 0 Å². The van der Waals surface area contributed by atoms with Crippen molar-refractivity contribution >= 4 is 0 Å². The van der Waals surface area contributed by atoms with Gasteiger partial charge in [-0.05, 0) is 18.7 Å². The molecule has 1 aromatic heterocycles. The zero-order valence-electron chi connectivity index (χ0n) is 12.3. The first-order chi connectivity index (χ1) is 10.3. The van der Waals surface area contributed by atoms with E-state index in [1.807, 2.05) is 25.1 Å². The van der Waals surface area contributed by atoms with Crippen LogP contribution in [0, 0.1) is 0 Å².